The molecule has 3 N–H and O–H groups in total. The highest BCUT2D eigenvalue weighted by Crippen LogP contribution is 2.59. The van der Waals surface area contributed by atoms with E-state index in [4.69, 9.17) is 6.42 Å². The highest BCUT2D eigenvalue weighted by Gasteiger charge is 2.54. The molecule has 3 saturated carbocycles. The maximum Gasteiger partial charge on any atom is 0.128 e. The fourth-order valence-electron chi connectivity index (χ4n) is 6.18. The normalized spacial score (nSPS) is 49.8. The summed E-state index contributed by atoms with van der Waals surface area (Å²) in [5.41, 5.74) is 0.903. The van der Waals surface area contributed by atoms with Crippen LogP contribution in [0.4, 0.5) is 0 Å². The second-order valence-electron chi connectivity index (χ2n) is 7.81. The highest BCUT2D eigenvalue weighted by molar-refractivity contribution is 7.81. The van der Waals surface area contributed by atoms with Crippen molar-refractivity contribution in [2.45, 2.75) is 62.2 Å². The van der Waals surface area contributed by atoms with E-state index in [0.717, 1.165) is 37.0 Å². The smallest absolute Gasteiger partial charge is 0.128 e. The second-order valence-corrected chi connectivity index (χ2v) is 8.48. The van der Waals surface area contributed by atoms with Crippen molar-refractivity contribution in [3.8, 4) is 12.3 Å². The van der Waals surface area contributed by atoms with Gasteiger partial charge in [0.05, 0.1) is 0 Å². The van der Waals surface area contributed by atoms with E-state index in [9.17, 15) is 5.11 Å². The number of terminal acetylenes is 1. The van der Waals surface area contributed by atoms with Crippen molar-refractivity contribution in [3.05, 3.63) is 11.6 Å². The Labute approximate surface area is 139 Å². The maximum absolute atomic E-state index is 10.7. The topological polar surface area (TPSA) is 51.7 Å². The quantitative estimate of drug-likeness (QED) is 0.402. The van der Waals surface area contributed by atoms with E-state index >= 15 is 0 Å². The number of hydrogen-bond acceptors (Lipinski definition) is 2. The van der Waals surface area contributed by atoms with Crippen molar-refractivity contribution in [2.75, 3.05) is 0 Å². The molecule has 0 bridgehead atoms. The number of thiol groups is 1. The molecule has 1 unspecified atom stereocenters. The standard InChI is InChI=1S/C19H26OS.H2O/c1-2-19(20)10-9-17-16-5-3-12-11-13(21)4-6-14(12)15(16)7-8-18(17)19;/h1,11,13-18,20-21H,3-10H2;1H2/t13?,14-,15+,16+,17-,18-,19-;/m0./s1. The third-order valence-corrected chi connectivity index (χ3v) is 7.50. The monoisotopic (exact) mass is 320 g/mol. The van der Waals surface area contributed by atoms with Crippen LogP contribution < -0.4 is 0 Å². The van der Waals surface area contributed by atoms with Crippen LogP contribution in [0, 0.1) is 41.9 Å². The van der Waals surface area contributed by atoms with Gasteiger partial charge in [-0.05, 0) is 75.0 Å². The van der Waals surface area contributed by atoms with Crippen LogP contribution in [0.15, 0.2) is 11.6 Å². The van der Waals surface area contributed by atoms with Gasteiger partial charge in [-0.25, -0.2) is 0 Å². The van der Waals surface area contributed by atoms with Gasteiger partial charge >= 0.3 is 0 Å². The third kappa shape index (κ3) is 2.35. The Kier molecular flexibility index (Phi) is 4.40. The van der Waals surface area contributed by atoms with Crippen LogP contribution in [0.25, 0.3) is 0 Å². The van der Waals surface area contributed by atoms with Gasteiger partial charge in [0.2, 0.25) is 0 Å². The van der Waals surface area contributed by atoms with E-state index in [1.54, 1.807) is 5.57 Å². The molecule has 7 atom stereocenters. The minimum absolute atomic E-state index is 0. The summed E-state index contributed by atoms with van der Waals surface area (Å²) in [6, 6.07) is 0. The van der Waals surface area contributed by atoms with Gasteiger partial charge in [-0.1, -0.05) is 17.6 Å². The van der Waals surface area contributed by atoms with Crippen LogP contribution in [-0.4, -0.2) is 21.4 Å². The lowest BCUT2D eigenvalue weighted by Crippen LogP contribution is -2.45. The van der Waals surface area contributed by atoms with E-state index in [2.05, 4.69) is 24.6 Å². The fourth-order valence-corrected chi connectivity index (χ4v) is 6.52. The first-order chi connectivity index (χ1) is 10.1. The van der Waals surface area contributed by atoms with Gasteiger partial charge in [0.15, 0.2) is 0 Å². The Hall–Kier alpha value is -0.430. The zero-order chi connectivity index (χ0) is 14.6. The van der Waals surface area contributed by atoms with Crippen molar-refractivity contribution in [1.82, 2.24) is 0 Å². The average molecular weight is 320 g/mol. The van der Waals surface area contributed by atoms with Crippen LogP contribution in [0.3, 0.4) is 0 Å². The Morgan fingerprint density at radius 1 is 1.09 bits per heavy atom. The largest absolute Gasteiger partial charge is 0.412 e. The predicted molar refractivity (Wildman–Crippen MR) is 92.6 cm³/mol. The van der Waals surface area contributed by atoms with E-state index in [1.807, 2.05) is 0 Å². The molecule has 0 radical (unpaired) electrons. The highest BCUT2D eigenvalue weighted by atomic mass is 32.1. The second kappa shape index (κ2) is 5.89. The Bertz CT molecular complexity index is 508. The van der Waals surface area contributed by atoms with Crippen LogP contribution in [0.1, 0.15) is 51.4 Å². The Balaban J connectivity index is 0.00000144. The average Bonchev–Trinajstić information content (AvgIpc) is 2.85. The van der Waals surface area contributed by atoms with E-state index in [0.29, 0.717) is 17.1 Å². The lowest BCUT2D eigenvalue weighted by molar-refractivity contribution is -0.0188. The molecule has 4 aliphatic rings. The Morgan fingerprint density at radius 3 is 2.68 bits per heavy atom. The number of fused-ring (bicyclic) bond motifs is 5. The third-order valence-electron chi connectivity index (χ3n) is 7.09. The molecular weight excluding hydrogens is 292 g/mol. The van der Waals surface area contributed by atoms with Gasteiger partial charge in [0.25, 0.3) is 0 Å². The zero-order valence-electron chi connectivity index (χ0n) is 13.2. The van der Waals surface area contributed by atoms with Gasteiger partial charge in [-0.3, -0.25) is 0 Å². The van der Waals surface area contributed by atoms with Crippen LogP contribution in [0.2, 0.25) is 0 Å². The molecule has 0 aromatic heterocycles. The van der Waals surface area contributed by atoms with Gasteiger partial charge in [0.1, 0.15) is 5.60 Å². The number of allylic oxidation sites excluding steroid dienone is 1. The van der Waals surface area contributed by atoms with Crippen molar-refractivity contribution in [2.24, 2.45) is 29.6 Å². The summed E-state index contributed by atoms with van der Waals surface area (Å²) in [6.45, 7) is 0. The molecule has 4 aliphatic carbocycles. The summed E-state index contributed by atoms with van der Waals surface area (Å²) < 4.78 is 0. The maximum atomic E-state index is 10.7. The molecule has 2 nitrogen and oxygen atoms in total. The van der Waals surface area contributed by atoms with Crippen LogP contribution in [0.5, 0.6) is 0 Å². The first-order valence-corrected chi connectivity index (χ1v) is 9.23. The SMILES string of the molecule is C#C[C@]1(O)CC[C@H]2[C@@H]3CCC4=CC(S)CC[C@@H]4[C@H]3CC[C@@H]21.O. The van der Waals surface area contributed by atoms with Gasteiger partial charge in [0, 0.05) is 11.2 Å². The lowest BCUT2D eigenvalue weighted by atomic mass is 9.55. The first kappa shape index (κ1) is 16.4. The van der Waals surface area contributed by atoms with E-state index < -0.39 is 5.60 Å². The molecule has 122 valence electrons. The molecule has 0 spiro atoms. The van der Waals surface area contributed by atoms with Gasteiger partial charge in [-0.2, -0.15) is 12.6 Å². The molecule has 22 heavy (non-hydrogen) atoms. The molecule has 0 aliphatic heterocycles. The molecular formula is C19H28O2S. The zero-order valence-corrected chi connectivity index (χ0v) is 14.1. The lowest BCUT2D eigenvalue weighted by Gasteiger charge is -2.50. The summed E-state index contributed by atoms with van der Waals surface area (Å²) in [5, 5.41) is 11.2. The number of hydrogen-bond donors (Lipinski definition) is 2. The number of aliphatic hydroxyl groups is 1. The van der Waals surface area contributed by atoms with Crippen molar-refractivity contribution in [3.63, 3.8) is 0 Å². The van der Waals surface area contributed by atoms with E-state index in [1.165, 1.54) is 32.1 Å². The molecule has 0 amide bonds. The predicted octanol–water partition coefficient (Wildman–Crippen LogP) is 3.01. The minimum atomic E-state index is -0.797. The number of rotatable bonds is 0. The molecule has 3 heteroatoms. The first-order valence-electron chi connectivity index (χ1n) is 8.71. The Morgan fingerprint density at radius 2 is 1.91 bits per heavy atom. The summed E-state index contributed by atoms with van der Waals surface area (Å²) >= 11 is 4.66. The van der Waals surface area contributed by atoms with Crippen LogP contribution in [-0.2, 0) is 0 Å². The van der Waals surface area contributed by atoms with Crippen molar-refractivity contribution >= 4 is 12.6 Å². The van der Waals surface area contributed by atoms with Crippen molar-refractivity contribution < 1.29 is 10.6 Å². The molecule has 3 fully saturated rings. The minimum Gasteiger partial charge on any atom is -0.412 e. The molecule has 0 aromatic rings. The summed E-state index contributed by atoms with van der Waals surface area (Å²) in [6.07, 6.45) is 17.6. The van der Waals surface area contributed by atoms with Gasteiger partial charge < -0.3 is 10.6 Å². The van der Waals surface area contributed by atoms with E-state index in [-0.39, 0.29) is 5.48 Å². The fraction of sp³-hybridized carbons (Fsp3) is 0.789. The summed E-state index contributed by atoms with van der Waals surface area (Å²) in [7, 11) is 0. The molecule has 0 aromatic carbocycles. The van der Waals surface area contributed by atoms with Gasteiger partial charge in [-0.15, -0.1) is 6.42 Å². The molecule has 4 rings (SSSR count). The van der Waals surface area contributed by atoms with Crippen molar-refractivity contribution in [1.29, 1.82) is 0 Å². The summed E-state index contributed by atoms with van der Waals surface area (Å²) in [4.78, 5) is 0. The van der Waals surface area contributed by atoms with Crippen LogP contribution >= 0.6 is 12.6 Å². The molecule has 0 heterocycles. The summed E-state index contributed by atoms with van der Waals surface area (Å²) in [5.74, 6) is 6.26. The molecule has 0 saturated heterocycles.